The summed E-state index contributed by atoms with van der Waals surface area (Å²) in [7, 11) is 0. The van der Waals surface area contributed by atoms with E-state index in [1.165, 1.54) is 12.1 Å². The summed E-state index contributed by atoms with van der Waals surface area (Å²) in [5.41, 5.74) is 9.56. The quantitative estimate of drug-likeness (QED) is 0.774. The molecule has 1 atom stereocenters. The van der Waals surface area contributed by atoms with Gasteiger partial charge in [-0.1, -0.05) is 12.1 Å². The van der Waals surface area contributed by atoms with Gasteiger partial charge in [0.2, 0.25) is 0 Å². The fourth-order valence-electron chi connectivity index (χ4n) is 2.54. The Balaban J connectivity index is 2.34. The van der Waals surface area contributed by atoms with Crippen molar-refractivity contribution in [3.8, 4) is 5.69 Å². The zero-order chi connectivity index (χ0) is 14.3. The average molecular weight is 269 g/mol. The number of imidazole rings is 1. The van der Waals surface area contributed by atoms with E-state index < -0.39 is 0 Å². The van der Waals surface area contributed by atoms with Crippen LogP contribution in [0.2, 0.25) is 0 Å². The Morgan fingerprint density at radius 2 is 1.95 bits per heavy atom. The lowest BCUT2D eigenvalue weighted by molar-refractivity contribution is 0.621. The van der Waals surface area contributed by atoms with Gasteiger partial charge in [0.05, 0.1) is 16.7 Å². The first-order chi connectivity index (χ1) is 9.58. The summed E-state index contributed by atoms with van der Waals surface area (Å²) < 4.78 is 15.5. The van der Waals surface area contributed by atoms with Gasteiger partial charge in [-0.15, -0.1) is 0 Å². The van der Waals surface area contributed by atoms with Crippen LogP contribution in [-0.4, -0.2) is 9.55 Å². The van der Waals surface area contributed by atoms with E-state index in [1.54, 1.807) is 6.07 Å². The number of nitrogens with two attached hydrogens (primary N) is 1. The van der Waals surface area contributed by atoms with Gasteiger partial charge in [0, 0.05) is 6.04 Å². The number of rotatable bonds is 2. The van der Waals surface area contributed by atoms with E-state index in [-0.39, 0.29) is 11.9 Å². The molecule has 3 nitrogen and oxygen atoms in total. The first-order valence-electron chi connectivity index (χ1n) is 6.57. The van der Waals surface area contributed by atoms with E-state index in [4.69, 9.17) is 5.73 Å². The summed E-state index contributed by atoms with van der Waals surface area (Å²) >= 11 is 0. The number of nitrogens with zero attached hydrogens (tertiary/aromatic N) is 2. The van der Waals surface area contributed by atoms with Crippen LogP contribution in [0.25, 0.3) is 16.7 Å². The SMILES string of the molecule is Cc1nc2ccccc2n1-c1ccc(F)cc1C(C)N. The second-order valence-electron chi connectivity index (χ2n) is 4.97. The molecule has 1 unspecified atom stereocenters. The Bertz CT molecular complexity index is 774. The fraction of sp³-hybridized carbons (Fsp3) is 0.188. The Morgan fingerprint density at radius 3 is 2.70 bits per heavy atom. The van der Waals surface area contributed by atoms with Gasteiger partial charge in [-0.3, -0.25) is 4.57 Å². The van der Waals surface area contributed by atoms with Crippen LogP contribution in [0.3, 0.4) is 0 Å². The second kappa shape index (κ2) is 4.72. The number of aromatic nitrogens is 2. The molecule has 1 heterocycles. The maximum Gasteiger partial charge on any atom is 0.123 e. The monoisotopic (exact) mass is 269 g/mol. The first kappa shape index (κ1) is 12.8. The fourth-order valence-corrected chi connectivity index (χ4v) is 2.54. The molecular weight excluding hydrogens is 253 g/mol. The smallest absolute Gasteiger partial charge is 0.123 e. The Kier molecular flexibility index (Phi) is 3.03. The van der Waals surface area contributed by atoms with E-state index in [0.717, 1.165) is 28.1 Å². The van der Waals surface area contributed by atoms with Gasteiger partial charge in [0.15, 0.2) is 0 Å². The highest BCUT2D eigenvalue weighted by Gasteiger charge is 2.14. The summed E-state index contributed by atoms with van der Waals surface area (Å²) in [6, 6.07) is 12.3. The summed E-state index contributed by atoms with van der Waals surface area (Å²) in [6.07, 6.45) is 0. The lowest BCUT2D eigenvalue weighted by Crippen LogP contribution is -2.11. The number of hydrogen-bond acceptors (Lipinski definition) is 2. The van der Waals surface area contributed by atoms with Gasteiger partial charge >= 0.3 is 0 Å². The lowest BCUT2D eigenvalue weighted by Gasteiger charge is -2.15. The minimum atomic E-state index is -0.275. The van der Waals surface area contributed by atoms with Crippen molar-refractivity contribution in [1.82, 2.24) is 9.55 Å². The predicted molar refractivity (Wildman–Crippen MR) is 78.4 cm³/mol. The van der Waals surface area contributed by atoms with Crippen LogP contribution in [-0.2, 0) is 0 Å². The minimum Gasteiger partial charge on any atom is -0.324 e. The van der Waals surface area contributed by atoms with E-state index in [0.29, 0.717) is 0 Å². The molecule has 0 aliphatic rings. The van der Waals surface area contributed by atoms with Crippen molar-refractivity contribution >= 4 is 11.0 Å². The van der Waals surface area contributed by atoms with Crippen molar-refractivity contribution in [3.05, 3.63) is 59.7 Å². The summed E-state index contributed by atoms with van der Waals surface area (Å²) in [4.78, 5) is 4.54. The van der Waals surface area contributed by atoms with Gasteiger partial charge in [0.25, 0.3) is 0 Å². The Hall–Kier alpha value is -2.20. The minimum absolute atomic E-state index is 0.249. The highest BCUT2D eigenvalue weighted by atomic mass is 19.1. The van der Waals surface area contributed by atoms with Crippen LogP contribution in [0.4, 0.5) is 4.39 Å². The van der Waals surface area contributed by atoms with Crippen LogP contribution in [0.15, 0.2) is 42.5 Å². The zero-order valence-corrected chi connectivity index (χ0v) is 11.5. The molecule has 0 saturated heterocycles. The molecule has 2 N–H and O–H groups in total. The third-order valence-corrected chi connectivity index (χ3v) is 3.45. The summed E-state index contributed by atoms with van der Waals surface area (Å²) in [6.45, 7) is 3.79. The number of fused-ring (bicyclic) bond motifs is 1. The number of halogens is 1. The topological polar surface area (TPSA) is 43.8 Å². The number of aryl methyl sites for hydroxylation is 1. The molecule has 2 aromatic carbocycles. The Morgan fingerprint density at radius 1 is 1.20 bits per heavy atom. The van der Waals surface area contributed by atoms with Crippen LogP contribution in [0, 0.1) is 12.7 Å². The van der Waals surface area contributed by atoms with Crippen molar-refractivity contribution in [1.29, 1.82) is 0 Å². The molecular formula is C16H16FN3. The molecule has 4 heteroatoms. The molecule has 0 bridgehead atoms. The van der Waals surface area contributed by atoms with Gasteiger partial charge in [0.1, 0.15) is 11.6 Å². The third-order valence-electron chi connectivity index (χ3n) is 3.45. The number of benzene rings is 2. The van der Waals surface area contributed by atoms with Crippen molar-refractivity contribution in [2.24, 2.45) is 5.73 Å². The molecule has 0 aliphatic heterocycles. The highest BCUT2D eigenvalue weighted by molar-refractivity contribution is 5.78. The molecule has 20 heavy (non-hydrogen) atoms. The van der Waals surface area contributed by atoms with E-state index >= 15 is 0 Å². The number of para-hydroxylation sites is 2. The standard InChI is InChI=1S/C16H16FN3/c1-10(18)13-9-12(17)7-8-15(13)20-11(2)19-14-5-3-4-6-16(14)20/h3-10H,18H2,1-2H3. The van der Waals surface area contributed by atoms with Gasteiger partial charge in [-0.2, -0.15) is 0 Å². The van der Waals surface area contributed by atoms with Crippen molar-refractivity contribution in [2.45, 2.75) is 19.9 Å². The molecule has 3 rings (SSSR count). The first-order valence-corrected chi connectivity index (χ1v) is 6.57. The van der Waals surface area contributed by atoms with Crippen molar-refractivity contribution in [3.63, 3.8) is 0 Å². The molecule has 0 aliphatic carbocycles. The molecule has 1 aromatic heterocycles. The molecule has 0 amide bonds. The van der Waals surface area contributed by atoms with Crippen LogP contribution in [0.1, 0.15) is 24.4 Å². The summed E-state index contributed by atoms with van der Waals surface area (Å²) in [5, 5.41) is 0. The Labute approximate surface area is 116 Å². The highest BCUT2D eigenvalue weighted by Crippen LogP contribution is 2.27. The average Bonchev–Trinajstić information content (AvgIpc) is 2.74. The predicted octanol–water partition coefficient (Wildman–Crippen LogP) is 3.49. The molecule has 102 valence electrons. The summed E-state index contributed by atoms with van der Waals surface area (Å²) in [5.74, 6) is 0.586. The molecule has 0 saturated carbocycles. The lowest BCUT2D eigenvalue weighted by atomic mass is 10.1. The maximum atomic E-state index is 13.5. The normalized spacial score (nSPS) is 12.8. The van der Waals surface area contributed by atoms with Crippen molar-refractivity contribution < 1.29 is 4.39 Å². The molecule has 0 radical (unpaired) electrons. The largest absolute Gasteiger partial charge is 0.324 e. The van der Waals surface area contributed by atoms with E-state index in [9.17, 15) is 4.39 Å². The van der Waals surface area contributed by atoms with Crippen molar-refractivity contribution in [2.75, 3.05) is 0 Å². The maximum absolute atomic E-state index is 13.5. The van der Waals surface area contributed by atoms with Gasteiger partial charge in [-0.25, -0.2) is 9.37 Å². The zero-order valence-electron chi connectivity index (χ0n) is 11.5. The van der Waals surface area contributed by atoms with Crippen LogP contribution in [0.5, 0.6) is 0 Å². The van der Waals surface area contributed by atoms with Crippen LogP contribution >= 0.6 is 0 Å². The molecule has 0 spiro atoms. The van der Waals surface area contributed by atoms with Gasteiger partial charge in [-0.05, 0) is 49.7 Å². The van der Waals surface area contributed by atoms with Gasteiger partial charge < -0.3 is 5.73 Å². The second-order valence-corrected chi connectivity index (χ2v) is 4.97. The van der Waals surface area contributed by atoms with Crippen LogP contribution < -0.4 is 5.73 Å². The molecule has 3 aromatic rings. The third kappa shape index (κ3) is 1.98. The van der Waals surface area contributed by atoms with E-state index in [1.807, 2.05) is 42.7 Å². The number of hydrogen-bond donors (Lipinski definition) is 1. The molecule has 0 fully saturated rings. The van der Waals surface area contributed by atoms with E-state index in [2.05, 4.69) is 4.98 Å².